The van der Waals surface area contributed by atoms with Gasteiger partial charge < -0.3 is 5.11 Å². The molecule has 2 aromatic rings. The van der Waals surface area contributed by atoms with Crippen LogP contribution in [0.3, 0.4) is 0 Å². The number of hydrogen-bond donors (Lipinski definition) is 2. The van der Waals surface area contributed by atoms with Gasteiger partial charge in [-0.25, -0.2) is 5.43 Å². The van der Waals surface area contributed by atoms with Crippen molar-refractivity contribution in [3.63, 3.8) is 0 Å². The number of nitrogens with zero attached hydrogens (tertiary/aromatic N) is 1. The Morgan fingerprint density at radius 3 is 2.95 bits per heavy atom. The van der Waals surface area contributed by atoms with Gasteiger partial charge in [0.05, 0.1) is 11.1 Å². The molecular formula is C16H16N2O2S. The van der Waals surface area contributed by atoms with Gasteiger partial charge in [-0.3, -0.25) is 4.79 Å². The van der Waals surface area contributed by atoms with Crippen LogP contribution in [0.15, 0.2) is 35.4 Å². The molecule has 108 valence electrons. The first-order valence-electron chi connectivity index (χ1n) is 6.96. The fourth-order valence-electron chi connectivity index (χ4n) is 2.43. The minimum atomic E-state index is -0.175. The third kappa shape index (κ3) is 3.31. The van der Waals surface area contributed by atoms with Crippen LogP contribution in [0.4, 0.5) is 0 Å². The van der Waals surface area contributed by atoms with E-state index in [0.717, 1.165) is 23.3 Å². The molecule has 0 aliphatic heterocycles. The Kier molecular flexibility index (Phi) is 4.01. The van der Waals surface area contributed by atoms with Crippen LogP contribution in [-0.2, 0) is 12.8 Å². The van der Waals surface area contributed by atoms with Gasteiger partial charge in [-0.1, -0.05) is 12.1 Å². The average Bonchev–Trinajstić information content (AvgIpc) is 2.91. The van der Waals surface area contributed by atoms with Crippen LogP contribution in [0.25, 0.3) is 0 Å². The van der Waals surface area contributed by atoms with Gasteiger partial charge in [0.25, 0.3) is 5.91 Å². The third-order valence-corrected chi connectivity index (χ3v) is 4.71. The molecule has 1 aliphatic rings. The summed E-state index contributed by atoms with van der Waals surface area (Å²) in [4.78, 5) is 14.1. The topological polar surface area (TPSA) is 61.7 Å². The number of aryl methyl sites for hydroxylation is 2. The van der Waals surface area contributed by atoms with Gasteiger partial charge in [0.2, 0.25) is 0 Å². The van der Waals surface area contributed by atoms with E-state index in [0.29, 0.717) is 0 Å². The molecule has 2 N–H and O–H groups in total. The number of benzene rings is 1. The summed E-state index contributed by atoms with van der Waals surface area (Å²) in [6.45, 7) is 0. The fraction of sp³-hybridized carbons (Fsp3) is 0.250. The highest BCUT2D eigenvalue weighted by molar-refractivity contribution is 7.14. The number of hydrogen-bond acceptors (Lipinski definition) is 4. The second kappa shape index (κ2) is 6.10. The van der Waals surface area contributed by atoms with Crippen LogP contribution in [-0.4, -0.2) is 17.2 Å². The average molecular weight is 300 g/mol. The van der Waals surface area contributed by atoms with Crippen molar-refractivity contribution >= 4 is 23.5 Å². The number of fused-ring (bicyclic) bond motifs is 1. The van der Waals surface area contributed by atoms with Crippen molar-refractivity contribution in [1.29, 1.82) is 0 Å². The molecule has 4 nitrogen and oxygen atoms in total. The lowest BCUT2D eigenvalue weighted by Crippen LogP contribution is -2.16. The van der Waals surface area contributed by atoms with Gasteiger partial charge in [0.1, 0.15) is 5.75 Å². The smallest absolute Gasteiger partial charge is 0.281 e. The van der Waals surface area contributed by atoms with Crippen LogP contribution in [0.2, 0.25) is 0 Å². The van der Waals surface area contributed by atoms with Crippen LogP contribution in [0.1, 0.15) is 38.5 Å². The molecule has 0 saturated heterocycles. The summed E-state index contributed by atoms with van der Waals surface area (Å²) in [6.07, 6.45) is 6.10. The maximum atomic E-state index is 12.1. The highest BCUT2D eigenvalue weighted by atomic mass is 32.1. The van der Waals surface area contributed by atoms with Gasteiger partial charge >= 0.3 is 0 Å². The van der Waals surface area contributed by atoms with Crippen molar-refractivity contribution in [3.8, 4) is 5.75 Å². The largest absolute Gasteiger partial charge is 0.508 e. The molecule has 5 heteroatoms. The maximum absolute atomic E-state index is 12.1. The standard InChI is InChI=1S/C16H16N2O2S/c19-13-6-3-4-11(8-13)10-17-18-16(20)15-9-12-5-1-2-7-14(12)21-15/h3-4,6,8-10,19H,1-2,5,7H2,(H,18,20). The minimum Gasteiger partial charge on any atom is -0.508 e. The zero-order valence-electron chi connectivity index (χ0n) is 11.5. The van der Waals surface area contributed by atoms with E-state index in [9.17, 15) is 9.90 Å². The highest BCUT2D eigenvalue weighted by Crippen LogP contribution is 2.29. The van der Waals surface area contributed by atoms with Crippen LogP contribution in [0.5, 0.6) is 5.75 Å². The second-order valence-corrected chi connectivity index (χ2v) is 6.20. The van der Waals surface area contributed by atoms with E-state index in [1.54, 1.807) is 35.6 Å². The quantitative estimate of drug-likeness (QED) is 0.676. The normalized spacial score (nSPS) is 14.1. The van der Waals surface area contributed by atoms with Gasteiger partial charge in [0, 0.05) is 4.88 Å². The Morgan fingerprint density at radius 2 is 2.14 bits per heavy atom. The predicted octanol–water partition coefficient (Wildman–Crippen LogP) is 3.10. The SMILES string of the molecule is O=C(NN=Cc1cccc(O)c1)c1cc2c(s1)CCCC2. The molecule has 0 atom stereocenters. The lowest BCUT2D eigenvalue weighted by molar-refractivity contribution is 0.0959. The van der Waals surface area contributed by atoms with E-state index in [4.69, 9.17) is 0 Å². The van der Waals surface area contributed by atoms with E-state index in [-0.39, 0.29) is 11.7 Å². The summed E-state index contributed by atoms with van der Waals surface area (Å²) in [7, 11) is 0. The molecule has 0 saturated carbocycles. The van der Waals surface area contributed by atoms with E-state index in [2.05, 4.69) is 10.5 Å². The summed E-state index contributed by atoms with van der Waals surface area (Å²) in [5.74, 6) is 0.00186. The van der Waals surface area contributed by atoms with E-state index in [1.165, 1.54) is 29.5 Å². The number of nitrogens with one attached hydrogen (secondary N) is 1. The number of aromatic hydroxyl groups is 1. The number of hydrazone groups is 1. The van der Waals surface area contributed by atoms with Crippen LogP contribution >= 0.6 is 11.3 Å². The lowest BCUT2D eigenvalue weighted by Gasteiger charge is -2.08. The zero-order valence-corrected chi connectivity index (χ0v) is 12.3. The molecule has 0 spiro atoms. The first kappa shape index (κ1) is 13.8. The summed E-state index contributed by atoms with van der Waals surface area (Å²) < 4.78 is 0. The Morgan fingerprint density at radius 1 is 1.29 bits per heavy atom. The number of rotatable bonds is 3. The van der Waals surface area contributed by atoms with Gasteiger partial charge in [-0.2, -0.15) is 5.10 Å². The molecule has 1 amide bonds. The van der Waals surface area contributed by atoms with Gasteiger partial charge in [-0.15, -0.1) is 11.3 Å². The molecule has 1 heterocycles. The molecule has 0 bridgehead atoms. The van der Waals surface area contributed by atoms with Crippen molar-refractivity contribution in [2.75, 3.05) is 0 Å². The summed E-state index contributed by atoms with van der Waals surface area (Å²) >= 11 is 1.57. The monoisotopic (exact) mass is 300 g/mol. The Balaban J connectivity index is 1.65. The first-order chi connectivity index (χ1) is 10.2. The number of phenolic OH excluding ortho intramolecular Hbond substituents is 1. The van der Waals surface area contributed by atoms with E-state index in [1.807, 2.05) is 6.07 Å². The lowest BCUT2D eigenvalue weighted by atomic mass is 9.99. The van der Waals surface area contributed by atoms with Crippen molar-refractivity contribution in [3.05, 3.63) is 51.2 Å². The summed E-state index contributed by atoms with van der Waals surface area (Å²) in [5, 5.41) is 13.3. The minimum absolute atomic E-state index is 0.175. The number of carbonyl (C=O) groups excluding carboxylic acids is 1. The van der Waals surface area contributed by atoms with Gasteiger partial charge in [-0.05, 0) is 55.0 Å². The van der Waals surface area contributed by atoms with Crippen molar-refractivity contribution in [1.82, 2.24) is 5.43 Å². The summed E-state index contributed by atoms with van der Waals surface area (Å²) in [6, 6.07) is 8.69. The molecule has 1 aromatic heterocycles. The molecule has 21 heavy (non-hydrogen) atoms. The Bertz CT molecular complexity index is 668. The molecular weight excluding hydrogens is 284 g/mol. The molecule has 1 aliphatic carbocycles. The number of phenols is 1. The third-order valence-electron chi connectivity index (χ3n) is 3.47. The van der Waals surface area contributed by atoms with Crippen LogP contribution in [0, 0.1) is 0 Å². The first-order valence-corrected chi connectivity index (χ1v) is 7.78. The molecule has 1 aromatic carbocycles. The second-order valence-electron chi connectivity index (χ2n) is 5.06. The molecule has 3 rings (SSSR count). The predicted molar refractivity (Wildman–Crippen MR) is 84.1 cm³/mol. The van der Waals surface area contributed by atoms with Crippen molar-refractivity contribution in [2.24, 2.45) is 5.10 Å². The molecule has 0 fully saturated rings. The van der Waals surface area contributed by atoms with Crippen LogP contribution < -0.4 is 5.43 Å². The molecule has 0 unspecified atom stereocenters. The maximum Gasteiger partial charge on any atom is 0.281 e. The Labute approximate surface area is 127 Å². The fourth-order valence-corrected chi connectivity index (χ4v) is 3.57. The van der Waals surface area contributed by atoms with Crippen molar-refractivity contribution < 1.29 is 9.90 Å². The number of carbonyl (C=O) groups is 1. The Hall–Kier alpha value is -2.14. The molecule has 0 radical (unpaired) electrons. The summed E-state index contributed by atoms with van der Waals surface area (Å²) in [5.41, 5.74) is 4.59. The zero-order chi connectivity index (χ0) is 14.7. The van der Waals surface area contributed by atoms with Crippen molar-refractivity contribution in [2.45, 2.75) is 25.7 Å². The number of amides is 1. The highest BCUT2D eigenvalue weighted by Gasteiger charge is 2.16. The van der Waals surface area contributed by atoms with E-state index < -0.39 is 0 Å². The van der Waals surface area contributed by atoms with Gasteiger partial charge in [0.15, 0.2) is 0 Å². The van der Waals surface area contributed by atoms with E-state index >= 15 is 0 Å². The number of thiophene rings is 1.